The molecule has 0 saturated carbocycles. The number of ether oxygens (including phenoxy) is 1. The summed E-state index contributed by atoms with van der Waals surface area (Å²) in [6.45, 7) is 3.96. The van der Waals surface area contributed by atoms with E-state index in [1.165, 1.54) is 11.3 Å². The molecule has 2 heterocycles. The van der Waals surface area contributed by atoms with Crippen LogP contribution in [0.4, 0.5) is 9.93 Å². The van der Waals surface area contributed by atoms with Crippen LogP contribution in [0.15, 0.2) is 83.7 Å². The molecule has 0 bridgehead atoms. The van der Waals surface area contributed by atoms with Gasteiger partial charge in [0.05, 0.1) is 28.9 Å². The smallest absolute Gasteiger partial charge is 0.413 e. The van der Waals surface area contributed by atoms with Crippen molar-refractivity contribution in [3.63, 3.8) is 0 Å². The van der Waals surface area contributed by atoms with Crippen LogP contribution in [0.25, 0.3) is 38.5 Å². The number of aryl methyl sites for hydroxylation is 1. The second kappa shape index (κ2) is 9.52. The summed E-state index contributed by atoms with van der Waals surface area (Å²) in [6.07, 6.45) is -0.588. The fourth-order valence-electron chi connectivity index (χ4n) is 3.86. The van der Waals surface area contributed by atoms with Crippen molar-refractivity contribution >= 4 is 33.5 Å². The number of carbonyl (C=O) groups excluding carboxylic acids is 1. The minimum Gasteiger partial charge on any atom is -0.450 e. The molecule has 2 aromatic heterocycles. The summed E-state index contributed by atoms with van der Waals surface area (Å²) in [4.78, 5) is 36.2. The average molecular weight is 483 g/mol. The lowest BCUT2D eigenvalue weighted by Crippen LogP contribution is -2.22. The van der Waals surface area contributed by atoms with Gasteiger partial charge in [0.1, 0.15) is 4.88 Å². The maximum Gasteiger partial charge on any atom is 0.413 e. The fraction of sp³-hybridized carbons (Fsp3) is 0.111. The number of hydrogen-bond donors (Lipinski definition) is 1. The molecule has 5 aromatic rings. The van der Waals surface area contributed by atoms with Crippen LogP contribution in [0, 0.1) is 6.92 Å². The van der Waals surface area contributed by atoms with Crippen LogP contribution >= 0.6 is 11.3 Å². The van der Waals surface area contributed by atoms with Gasteiger partial charge in [-0.05, 0) is 43.7 Å². The molecule has 174 valence electrons. The molecule has 1 N–H and O–H groups in total. The van der Waals surface area contributed by atoms with Gasteiger partial charge in [0.2, 0.25) is 0 Å². The van der Waals surface area contributed by atoms with Crippen molar-refractivity contribution < 1.29 is 9.53 Å². The number of aromatic nitrogens is 3. The summed E-state index contributed by atoms with van der Waals surface area (Å²) >= 11 is 1.25. The van der Waals surface area contributed by atoms with E-state index in [1.807, 2.05) is 79.7 Å². The predicted molar refractivity (Wildman–Crippen MR) is 139 cm³/mol. The molecule has 8 heteroatoms. The van der Waals surface area contributed by atoms with Gasteiger partial charge in [-0.1, -0.05) is 65.9 Å². The normalized spacial score (nSPS) is 10.9. The van der Waals surface area contributed by atoms with Crippen LogP contribution in [0.1, 0.15) is 12.5 Å². The minimum absolute atomic E-state index is 0.177. The van der Waals surface area contributed by atoms with E-state index in [1.54, 1.807) is 17.6 Å². The molecule has 0 unspecified atom stereocenters. The quantitative estimate of drug-likeness (QED) is 0.329. The van der Waals surface area contributed by atoms with Crippen molar-refractivity contribution in [2.24, 2.45) is 0 Å². The zero-order valence-corrected chi connectivity index (χ0v) is 20.0. The Morgan fingerprint density at radius 3 is 2.54 bits per heavy atom. The van der Waals surface area contributed by atoms with Crippen molar-refractivity contribution in [1.82, 2.24) is 14.5 Å². The highest BCUT2D eigenvalue weighted by molar-refractivity contribution is 7.19. The zero-order valence-electron chi connectivity index (χ0n) is 19.2. The van der Waals surface area contributed by atoms with Crippen molar-refractivity contribution in [3.05, 3.63) is 94.8 Å². The van der Waals surface area contributed by atoms with Crippen molar-refractivity contribution in [3.8, 4) is 27.6 Å². The predicted octanol–water partition coefficient (Wildman–Crippen LogP) is 6.05. The maximum atomic E-state index is 13.8. The van der Waals surface area contributed by atoms with Gasteiger partial charge in [-0.2, -0.15) is 0 Å². The van der Waals surface area contributed by atoms with Gasteiger partial charge in [0.15, 0.2) is 11.0 Å². The second-order valence-corrected chi connectivity index (χ2v) is 8.84. The number of anilines is 1. The molecule has 0 aliphatic rings. The maximum absolute atomic E-state index is 13.8. The number of rotatable bonds is 5. The molecule has 35 heavy (non-hydrogen) atoms. The van der Waals surface area contributed by atoms with Crippen molar-refractivity contribution in [2.75, 3.05) is 11.9 Å². The Labute approximate surface area is 205 Å². The van der Waals surface area contributed by atoms with E-state index in [2.05, 4.69) is 5.32 Å². The third-order valence-electron chi connectivity index (χ3n) is 5.40. The molecular weight excluding hydrogens is 460 g/mol. The van der Waals surface area contributed by atoms with Crippen LogP contribution in [0.5, 0.6) is 0 Å². The van der Waals surface area contributed by atoms with E-state index >= 15 is 0 Å². The van der Waals surface area contributed by atoms with Gasteiger partial charge in [-0.15, -0.1) is 0 Å². The third-order valence-corrected chi connectivity index (χ3v) is 6.36. The largest absolute Gasteiger partial charge is 0.450 e. The Morgan fingerprint density at radius 1 is 1.00 bits per heavy atom. The number of benzene rings is 3. The lowest BCUT2D eigenvalue weighted by molar-refractivity contribution is 0.168. The molecule has 5 rings (SSSR count). The van der Waals surface area contributed by atoms with E-state index in [-0.39, 0.29) is 12.2 Å². The first-order valence-corrected chi connectivity index (χ1v) is 12.0. The first-order chi connectivity index (χ1) is 17.0. The summed E-state index contributed by atoms with van der Waals surface area (Å²) in [6, 6.07) is 24.6. The molecule has 7 nitrogen and oxygen atoms in total. The molecule has 1 amide bonds. The lowest BCUT2D eigenvalue weighted by atomic mass is 10.1. The van der Waals surface area contributed by atoms with Gasteiger partial charge in [0, 0.05) is 5.56 Å². The number of fused-ring (bicyclic) bond motifs is 1. The van der Waals surface area contributed by atoms with Crippen LogP contribution in [-0.4, -0.2) is 27.2 Å². The first-order valence-electron chi connectivity index (χ1n) is 11.1. The summed E-state index contributed by atoms with van der Waals surface area (Å²) in [5.74, 6) is 0.451. The van der Waals surface area contributed by atoms with Gasteiger partial charge in [-0.25, -0.2) is 14.8 Å². The summed E-state index contributed by atoms with van der Waals surface area (Å²) in [7, 11) is 0. The van der Waals surface area contributed by atoms with Crippen LogP contribution < -0.4 is 10.9 Å². The Hall–Kier alpha value is -4.30. The van der Waals surface area contributed by atoms with E-state index < -0.39 is 6.09 Å². The number of amides is 1. The summed E-state index contributed by atoms with van der Waals surface area (Å²) in [5.41, 5.74) is 3.59. The highest BCUT2D eigenvalue weighted by Gasteiger charge is 2.23. The van der Waals surface area contributed by atoms with Crippen LogP contribution in [-0.2, 0) is 4.74 Å². The molecular formula is C27H22N4O3S. The SMILES string of the molecule is CCOC(=O)Nc1nc(-c2ccccc2)c(-c2nc3ccccc3c(=O)n2-c2cccc(C)c2)s1. The van der Waals surface area contributed by atoms with Crippen molar-refractivity contribution in [2.45, 2.75) is 13.8 Å². The van der Waals surface area contributed by atoms with E-state index in [4.69, 9.17) is 14.7 Å². The van der Waals surface area contributed by atoms with E-state index in [0.29, 0.717) is 38.1 Å². The number of nitrogens with one attached hydrogen (secondary N) is 1. The summed E-state index contributed by atoms with van der Waals surface area (Å²) in [5, 5.41) is 3.57. The van der Waals surface area contributed by atoms with Gasteiger partial charge in [0.25, 0.3) is 5.56 Å². The average Bonchev–Trinajstić information content (AvgIpc) is 3.28. The zero-order chi connectivity index (χ0) is 24.4. The molecule has 0 fully saturated rings. The molecule has 0 saturated heterocycles. The molecule has 0 spiro atoms. The van der Waals surface area contributed by atoms with Gasteiger partial charge < -0.3 is 4.74 Å². The Kier molecular flexibility index (Phi) is 6.12. The number of thiazole rings is 1. The molecule has 0 aliphatic heterocycles. The van der Waals surface area contributed by atoms with Crippen molar-refractivity contribution in [1.29, 1.82) is 0 Å². The Balaban J connectivity index is 1.81. The monoisotopic (exact) mass is 482 g/mol. The minimum atomic E-state index is -0.588. The van der Waals surface area contributed by atoms with E-state index in [9.17, 15) is 9.59 Å². The number of nitrogens with zero attached hydrogens (tertiary/aromatic N) is 3. The summed E-state index contributed by atoms with van der Waals surface area (Å²) < 4.78 is 6.65. The Bertz CT molecular complexity index is 1590. The molecule has 0 aliphatic carbocycles. The first kappa shape index (κ1) is 22.5. The Morgan fingerprint density at radius 2 is 1.77 bits per heavy atom. The number of para-hydroxylation sites is 1. The number of hydrogen-bond acceptors (Lipinski definition) is 6. The standard InChI is InChI=1S/C27H22N4O3S/c1-3-34-27(33)30-26-29-22(18-11-5-4-6-12-18)23(35-26)24-28-21-15-8-7-14-20(21)25(32)31(24)19-13-9-10-17(2)16-19/h4-16H,3H2,1-2H3,(H,29,30,33). The highest BCUT2D eigenvalue weighted by atomic mass is 32.1. The molecule has 3 aromatic carbocycles. The van der Waals surface area contributed by atoms with Gasteiger partial charge >= 0.3 is 6.09 Å². The highest BCUT2D eigenvalue weighted by Crippen LogP contribution is 2.39. The van der Waals surface area contributed by atoms with Gasteiger partial charge in [-0.3, -0.25) is 14.7 Å². The lowest BCUT2D eigenvalue weighted by Gasteiger charge is -2.14. The number of carbonyl (C=O) groups is 1. The topological polar surface area (TPSA) is 86.1 Å². The molecule has 0 atom stereocenters. The fourth-order valence-corrected chi connectivity index (χ4v) is 4.82. The van der Waals surface area contributed by atoms with Crippen LogP contribution in [0.2, 0.25) is 0 Å². The van der Waals surface area contributed by atoms with Crippen LogP contribution in [0.3, 0.4) is 0 Å². The molecule has 0 radical (unpaired) electrons. The third kappa shape index (κ3) is 4.43. The second-order valence-electron chi connectivity index (χ2n) is 7.84. The van der Waals surface area contributed by atoms with E-state index in [0.717, 1.165) is 11.1 Å².